The molecule has 0 atom stereocenters. The second kappa shape index (κ2) is 10.4. The van der Waals surface area contributed by atoms with Crippen LogP contribution in [-0.2, 0) is 20.0 Å². The fourth-order valence-electron chi connectivity index (χ4n) is 2.88. The first-order valence-corrected chi connectivity index (χ1v) is 8.53. The molecule has 2 N–H and O–H groups in total. The van der Waals surface area contributed by atoms with Gasteiger partial charge in [0, 0.05) is 38.4 Å². The van der Waals surface area contributed by atoms with E-state index in [1.54, 1.807) is 14.2 Å². The third-order valence-electron chi connectivity index (χ3n) is 4.44. The van der Waals surface area contributed by atoms with Gasteiger partial charge in [0.25, 0.3) is 0 Å². The van der Waals surface area contributed by atoms with Crippen LogP contribution in [0.25, 0.3) is 0 Å². The normalized spacial score (nSPS) is 11.1. The number of methoxy groups -OCH3 is 1. The molecule has 0 saturated heterocycles. The number of hydrogen-bond donors (Lipinski definition) is 2. The summed E-state index contributed by atoms with van der Waals surface area (Å²) in [6.07, 6.45) is 0.872. The minimum atomic E-state index is 0. The van der Waals surface area contributed by atoms with Gasteiger partial charge in [-0.1, -0.05) is 17.7 Å². The maximum atomic E-state index is 5.44. The zero-order valence-electron chi connectivity index (χ0n) is 16.5. The van der Waals surface area contributed by atoms with E-state index in [0.29, 0.717) is 6.54 Å². The van der Waals surface area contributed by atoms with E-state index in [-0.39, 0.29) is 24.0 Å². The Morgan fingerprint density at radius 1 is 1.23 bits per heavy atom. The van der Waals surface area contributed by atoms with Crippen LogP contribution in [-0.4, -0.2) is 36.4 Å². The summed E-state index contributed by atoms with van der Waals surface area (Å²) in [6.45, 7) is 7.69. The van der Waals surface area contributed by atoms with E-state index in [9.17, 15) is 0 Å². The summed E-state index contributed by atoms with van der Waals surface area (Å²) in [5.74, 6) is 1.71. The summed E-state index contributed by atoms with van der Waals surface area (Å²) in [4.78, 5) is 4.30. The second-order valence-electron chi connectivity index (χ2n) is 6.19. The van der Waals surface area contributed by atoms with Crippen molar-refractivity contribution in [3.05, 3.63) is 46.3 Å². The Labute approximate surface area is 173 Å². The summed E-state index contributed by atoms with van der Waals surface area (Å²) in [7, 11) is 5.46. The highest BCUT2D eigenvalue weighted by molar-refractivity contribution is 14.0. The van der Waals surface area contributed by atoms with E-state index < -0.39 is 0 Å². The van der Waals surface area contributed by atoms with Crippen molar-refractivity contribution < 1.29 is 4.74 Å². The fourth-order valence-corrected chi connectivity index (χ4v) is 2.88. The summed E-state index contributed by atoms with van der Waals surface area (Å²) >= 11 is 0. The van der Waals surface area contributed by atoms with Crippen molar-refractivity contribution in [1.29, 1.82) is 0 Å². The molecule has 7 heteroatoms. The molecule has 1 aromatic heterocycles. The molecule has 0 saturated carbocycles. The second-order valence-corrected chi connectivity index (χ2v) is 6.19. The summed E-state index contributed by atoms with van der Waals surface area (Å²) in [5.41, 5.74) is 5.87. The number of rotatable bonds is 6. The quantitative estimate of drug-likeness (QED) is 0.387. The molecule has 2 aromatic rings. The van der Waals surface area contributed by atoms with Crippen LogP contribution in [0.1, 0.15) is 28.1 Å². The van der Waals surface area contributed by atoms with Crippen LogP contribution in [0.2, 0.25) is 0 Å². The van der Waals surface area contributed by atoms with Crippen molar-refractivity contribution in [2.45, 2.75) is 33.7 Å². The SMILES string of the molecule is CN=C(NCCc1cc(C)ccc1OC)NCc1c(C)nn(C)c1C.I. The van der Waals surface area contributed by atoms with Crippen molar-refractivity contribution in [3.63, 3.8) is 0 Å². The number of guanidine groups is 1. The smallest absolute Gasteiger partial charge is 0.191 e. The van der Waals surface area contributed by atoms with Crippen molar-refractivity contribution in [1.82, 2.24) is 20.4 Å². The molecule has 0 bridgehead atoms. The van der Waals surface area contributed by atoms with Crippen LogP contribution >= 0.6 is 24.0 Å². The van der Waals surface area contributed by atoms with Gasteiger partial charge in [-0.05, 0) is 38.8 Å². The molecule has 144 valence electrons. The van der Waals surface area contributed by atoms with E-state index in [1.165, 1.54) is 22.4 Å². The number of hydrogen-bond acceptors (Lipinski definition) is 3. The molecule has 0 amide bonds. The number of aryl methyl sites for hydroxylation is 3. The molecule has 0 unspecified atom stereocenters. The number of halogens is 1. The molecule has 0 radical (unpaired) electrons. The van der Waals surface area contributed by atoms with Crippen LogP contribution in [0, 0.1) is 20.8 Å². The molecule has 26 heavy (non-hydrogen) atoms. The van der Waals surface area contributed by atoms with Crippen LogP contribution in [0.4, 0.5) is 0 Å². The van der Waals surface area contributed by atoms with E-state index in [1.807, 2.05) is 24.7 Å². The minimum Gasteiger partial charge on any atom is -0.496 e. The number of ether oxygens (including phenoxy) is 1. The Morgan fingerprint density at radius 2 is 1.96 bits per heavy atom. The zero-order chi connectivity index (χ0) is 18.4. The Morgan fingerprint density at radius 3 is 2.54 bits per heavy atom. The van der Waals surface area contributed by atoms with Gasteiger partial charge in [0.1, 0.15) is 5.75 Å². The van der Waals surface area contributed by atoms with Crippen molar-refractivity contribution in [2.24, 2.45) is 12.0 Å². The highest BCUT2D eigenvalue weighted by Crippen LogP contribution is 2.19. The average molecular weight is 471 g/mol. The topological polar surface area (TPSA) is 63.5 Å². The number of aliphatic imine (C=N–C) groups is 1. The van der Waals surface area contributed by atoms with Crippen molar-refractivity contribution in [3.8, 4) is 5.75 Å². The zero-order valence-corrected chi connectivity index (χ0v) is 18.8. The third-order valence-corrected chi connectivity index (χ3v) is 4.44. The minimum absolute atomic E-state index is 0. The molecule has 1 aromatic carbocycles. The fraction of sp³-hybridized carbons (Fsp3) is 0.474. The first-order valence-electron chi connectivity index (χ1n) is 8.53. The van der Waals surface area contributed by atoms with Crippen molar-refractivity contribution >= 4 is 29.9 Å². The lowest BCUT2D eigenvalue weighted by molar-refractivity contribution is 0.409. The van der Waals surface area contributed by atoms with Gasteiger partial charge in [0.2, 0.25) is 0 Å². The number of benzene rings is 1. The van der Waals surface area contributed by atoms with E-state index in [0.717, 1.165) is 30.4 Å². The molecule has 0 aliphatic heterocycles. The lowest BCUT2D eigenvalue weighted by atomic mass is 10.1. The summed E-state index contributed by atoms with van der Waals surface area (Å²) in [5, 5.41) is 11.2. The van der Waals surface area contributed by atoms with Gasteiger partial charge in [-0.3, -0.25) is 9.67 Å². The predicted octanol–water partition coefficient (Wildman–Crippen LogP) is 2.88. The molecule has 0 aliphatic rings. The molecule has 1 heterocycles. The van der Waals surface area contributed by atoms with Crippen LogP contribution in [0.15, 0.2) is 23.2 Å². The largest absolute Gasteiger partial charge is 0.496 e. The van der Waals surface area contributed by atoms with E-state index >= 15 is 0 Å². The molecule has 6 nitrogen and oxygen atoms in total. The summed E-state index contributed by atoms with van der Waals surface area (Å²) in [6, 6.07) is 6.25. The maximum Gasteiger partial charge on any atom is 0.191 e. The van der Waals surface area contributed by atoms with Crippen LogP contribution < -0.4 is 15.4 Å². The van der Waals surface area contributed by atoms with E-state index in [4.69, 9.17) is 4.74 Å². The van der Waals surface area contributed by atoms with Crippen LogP contribution in [0.5, 0.6) is 5.75 Å². The van der Waals surface area contributed by atoms with Crippen LogP contribution in [0.3, 0.4) is 0 Å². The van der Waals surface area contributed by atoms with Gasteiger partial charge in [-0.2, -0.15) is 5.10 Å². The molecule has 2 rings (SSSR count). The van der Waals surface area contributed by atoms with E-state index in [2.05, 4.69) is 46.7 Å². The summed E-state index contributed by atoms with van der Waals surface area (Å²) < 4.78 is 7.34. The lowest BCUT2D eigenvalue weighted by Crippen LogP contribution is -2.38. The van der Waals surface area contributed by atoms with Gasteiger partial charge < -0.3 is 15.4 Å². The Hall–Kier alpha value is -1.77. The van der Waals surface area contributed by atoms with Crippen molar-refractivity contribution in [2.75, 3.05) is 20.7 Å². The number of nitrogens with one attached hydrogen (secondary N) is 2. The van der Waals surface area contributed by atoms with Gasteiger partial charge in [0.05, 0.1) is 12.8 Å². The van der Waals surface area contributed by atoms with Gasteiger partial charge in [-0.15, -0.1) is 24.0 Å². The molecular weight excluding hydrogens is 441 g/mol. The molecule has 0 fully saturated rings. The van der Waals surface area contributed by atoms with Gasteiger partial charge in [-0.25, -0.2) is 0 Å². The standard InChI is InChI=1S/C19H29N5O.HI/c1-13-7-8-18(25-6)16(11-13)9-10-21-19(20-4)22-12-17-14(2)23-24(5)15(17)3;/h7-8,11H,9-10,12H2,1-6H3,(H2,20,21,22);1H. The Balaban J connectivity index is 0.00000338. The maximum absolute atomic E-state index is 5.44. The highest BCUT2D eigenvalue weighted by atomic mass is 127. The first kappa shape index (κ1) is 22.3. The number of nitrogens with zero attached hydrogens (tertiary/aromatic N) is 3. The average Bonchev–Trinajstić information content (AvgIpc) is 2.83. The molecular formula is C19H30IN5O. The Bertz CT molecular complexity index is 755. The number of aromatic nitrogens is 2. The van der Waals surface area contributed by atoms with Gasteiger partial charge in [0.15, 0.2) is 5.96 Å². The molecule has 0 aliphatic carbocycles. The third kappa shape index (κ3) is 5.62. The lowest BCUT2D eigenvalue weighted by Gasteiger charge is -2.14. The monoisotopic (exact) mass is 471 g/mol. The van der Waals surface area contributed by atoms with Gasteiger partial charge >= 0.3 is 0 Å². The first-order chi connectivity index (χ1) is 12.0. The predicted molar refractivity (Wildman–Crippen MR) is 118 cm³/mol. The highest BCUT2D eigenvalue weighted by Gasteiger charge is 2.10. The Kier molecular flexibility index (Phi) is 8.91. The molecule has 0 spiro atoms.